The van der Waals surface area contributed by atoms with Gasteiger partial charge in [-0.05, 0) is 26.0 Å². The van der Waals surface area contributed by atoms with E-state index in [9.17, 15) is 9.59 Å². The van der Waals surface area contributed by atoms with Gasteiger partial charge < -0.3 is 14.7 Å². The number of para-hydroxylation sites is 1. The standard InChI is InChI=1S/C16H15N3O3/c1-9-7-14(19-16(21)17-9)18-15(20)10(2)13-8-11-5-3-4-6-12(11)22-13/h3-8,10H,1-2H3,(H2,17,18,19,20,21). The fourth-order valence-electron chi connectivity index (χ4n) is 2.22. The molecule has 1 aromatic carbocycles. The van der Waals surface area contributed by atoms with Crippen LogP contribution in [0, 0.1) is 6.92 Å². The molecule has 0 aliphatic rings. The predicted molar refractivity (Wildman–Crippen MR) is 82.9 cm³/mol. The molecule has 3 rings (SSSR count). The van der Waals surface area contributed by atoms with Crippen LogP contribution in [0.4, 0.5) is 5.82 Å². The first-order valence-corrected chi connectivity index (χ1v) is 6.90. The van der Waals surface area contributed by atoms with E-state index in [1.54, 1.807) is 19.9 Å². The number of hydrogen-bond donors (Lipinski definition) is 2. The van der Waals surface area contributed by atoms with E-state index in [2.05, 4.69) is 15.3 Å². The summed E-state index contributed by atoms with van der Waals surface area (Å²) in [6.45, 7) is 3.47. The van der Waals surface area contributed by atoms with Crippen molar-refractivity contribution in [1.82, 2.24) is 9.97 Å². The number of H-pyrrole nitrogens is 1. The molecule has 0 bridgehead atoms. The van der Waals surface area contributed by atoms with Gasteiger partial charge in [0.1, 0.15) is 17.2 Å². The van der Waals surface area contributed by atoms with Gasteiger partial charge in [-0.2, -0.15) is 4.98 Å². The summed E-state index contributed by atoms with van der Waals surface area (Å²) in [5.41, 5.74) is 0.876. The van der Waals surface area contributed by atoms with Crippen LogP contribution in [0.15, 0.2) is 45.6 Å². The Hall–Kier alpha value is -2.89. The predicted octanol–water partition coefficient (Wildman–Crippen LogP) is 2.57. The molecule has 22 heavy (non-hydrogen) atoms. The zero-order valence-corrected chi connectivity index (χ0v) is 12.2. The molecule has 3 aromatic rings. The van der Waals surface area contributed by atoms with E-state index in [1.807, 2.05) is 30.3 Å². The quantitative estimate of drug-likeness (QED) is 0.777. The van der Waals surface area contributed by atoms with E-state index in [1.165, 1.54) is 0 Å². The maximum Gasteiger partial charge on any atom is 0.347 e. The second-order valence-corrected chi connectivity index (χ2v) is 5.15. The Morgan fingerprint density at radius 2 is 2.09 bits per heavy atom. The summed E-state index contributed by atoms with van der Waals surface area (Å²) in [5, 5.41) is 3.58. The number of benzene rings is 1. The molecule has 2 N–H and O–H groups in total. The third-order valence-electron chi connectivity index (χ3n) is 3.40. The molecule has 0 spiro atoms. The SMILES string of the molecule is Cc1cc(NC(=O)C(C)c2cc3ccccc3o2)nc(=O)[nH]1. The van der Waals surface area contributed by atoms with Crippen molar-refractivity contribution in [2.24, 2.45) is 0 Å². The molecule has 2 aromatic heterocycles. The van der Waals surface area contributed by atoms with E-state index in [0.717, 1.165) is 11.0 Å². The third-order valence-corrected chi connectivity index (χ3v) is 3.40. The molecule has 0 aliphatic heterocycles. The lowest BCUT2D eigenvalue weighted by Gasteiger charge is -2.09. The van der Waals surface area contributed by atoms with Gasteiger partial charge in [0.25, 0.3) is 0 Å². The highest BCUT2D eigenvalue weighted by atomic mass is 16.3. The Kier molecular flexibility index (Phi) is 3.50. The van der Waals surface area contributed by atoms with E-state index in [0.29, 0.717) is 11.5 Å². The highest BCUT2D eigenvalue weighted by molar-refractivity contribution is 5.95. The van der Waals surface area contributed by atoms with E-state index < -0.39 is 11.6 Å². The number of carbonyl (C=O) groups excluding carboxylic acids is 1. The van der Waals surface area contributed by atoms with Gasteiger partial charge in [-0.15, -0.1) is 0 Å². The first-order chi connectivity index (χ1) is 10.5. The molecule has 0 saturated carbocycles. The lowest BCUT2D eigenvalue weighted by Crippen LogP contribution is -2.22. The van der Waals surface area contributed by atoms with Crippen molar-refractivity contribution in [2.75, 3.05) is 5.32 Å². The number of carbonyl (C=O) groups is 1. The number of aromatic amines is 1. The first kappa shape index (κ1) is 14.1. The molecule has 1 atom stereocenters. The van der Waals surface area contributed by atoms with E-state index in [-0.39, 0.29) is 11.7 Å². The number of amides is 1. The summed E-state index contributed by atoms with van der Waals surface area (Å²) in [7, 11) is 0. The highest BCUT2D eigenvalue weighted by Gasteiger charge is 2.20. The van der Waals surface area contributed by atoms with Gasteiger partial charge >= 0.3 is 5.69 Å². The van der Waals surface area contributed by atoms with Crippen molar-refractivity contribution in [3.8, 4) is 0 Å². The largest absolute Gasteiger partial charge is 0.460 e. The van der Waals surface area contributed by atoms with E-state index >= 15 is 0 Å². The number of aromatic nitrogens is 2. The number of nitrogens with zero attached hydrogens (tertiary/aromatic N) is 1. The van der Waals surface area contributed by atoms with Crippen molar-refractivity contribution in [1.29, 1.82) is 0 Å². The topological polar surface area (TPSA) is 88.0 Å². The molecule has 1 amide bonds. The second kappa shape index (κ2) is 5.48. The van der Waals surface area contributed by atoms with Gasteiger partial charge in [0.05, 0.1) is 5.92 Å². The normalized spacial score (nSPS) is 12.3. The Morgan fingerprint density at radius 1 is 1.32 bits per heavy atom. The summed E-state index contributed by atoms with van der Waals surface area (Å²) >= 11 is 0. The number of rotatable bonds is 3. The minimum atomic E-state index is -0.494. The Balaban J connectivity index is 1.83. The zero-order valence-electron chi connectivity index (χ0n) is 12.2. The molecule has 0 fully saturated rings. The Labute approximate surface area is 126 Å². The minimum absolute atomic E-state index is 0.231. The average molecular weight is 297 g/mol. The summed E-state index contributed by atoms with van der Waals surface area (Å²) in [6.07, 6.45) is 0. The number of hydrogen-bond acceptors (Lipinski definition) is 4. The Morgan fingerprint density at radius 3 is 2.82 bits per heavy atom. The number of aryl methyl sites for hydroxylation is 1. The van der Waals surface area contributed by atoms with Gasteiger partial charge in [0.15, 0.2) is 0 Å². The Bertz CT molecular complexity index is 862. The van der Waals surface area contributed by atoms with Crippen LogP contribution in [0.3, 0.4) is 0 Å². The number of anilines is 1. The van der Waals surface area contributed by atoms with Crippen LogP contribution in [-0.4, -0.2) is 15.9 Å². The van der Waals surface area contributed by atoms with Crippen molar-refractivity contribution >= 4 is 22.7 Å². The smallest absolute Gasteiger partial charge is 0.347 e. The molecule has 1 unspecified atom stereocenters. The lowest BCUT2D eigenvalue weighted by atomic mass is 10.1. The maximum atomic E-state index is 12.3. The molecule has 0 saturated heterocycles. The molecule has 6 heteroatoms. The van der Waals surface area contributed by atoms with Crippen LogP contribution in [0.25, 0.3) is 11.0 Å². The molecule has 112 valence electrons. The minimum Gasteiger partial charge on any atom is -0.460 e. The van der Waals surface area contributed by atoms with E-state index in [4.69, 9.17) is 4.42 Å². The van der Waals surface area contributed by atoms with Crippen molar-refractivity contribution in [3.05, 3.63) is 58.3 Å². The second-order valence-electron chi connectivity index (χ2n) is 5.15. The molecule has 6 nitrogen and oxygen atoms in total. The monoisotopic (exact) mass is 297 g/mol. The van der Waals surface area contributed by atoms with Crippen molar-refractivity contribution in [2.45, 2.75) is 19.8 Å². The summed E-state index contributed by atoms with van der Waals surface area (Å²) in [4.78, 5) is 29.8. The molecular formula is C16H15N3O3. The van der Waals surface area contributed by atoms with Gasteiger partial charge in [-0.25, -0.2) is 4.79 Å². The summed E-state index contributed by atoms with van der Waals surface area (Å²) < 4.78 is 5.69. The molecule has 0 aliphatic carbocycles. The van der Waals surface area contributed by atoms with Crippen LogP contribution < -0.4 is 11.0 Å². The van der Waals surface area contributed by atoms with Crippen molar-refractivity contribution < 1.29 is 9.21 Å². The number of fused-ring (bicyclic) bond motifs is 1. The number of nitrogens with one attached hydrogen (secondary N) is 2. The summed E-state index contributed by atoms with van der Waals surface area (Å²) in [6, 6.07) is 11.0. The van der Waals surface area contributed by atoms with Crippen LogP contribution in [0.2, 0.25) is 0 Å². The third kappa shape index (κ3) is 2.76. The van der Waals surface area contributed by atoms with Crippen LogP contribution in [0.5, 0.6) is 0 Å². The lowest BCUT2D eigenvalue weighted by molar-refractivity contribution is -0.117. The first-order valence-electron chi connectivity index (χ1n) is 6.90. The van der Waals surface area contributed by atoms with Gasteiger partial charge in [0.2, 0.25) is 5.91 Å². The maximum absolute atomic E-state index is 12.3. The summed E-state index contributed by atoms with van der Waals surface area (Å²) in [5.74, 6) is 0.0276. The van der Waals surface area contributed by atoms with Gasteiger partial charge in [-0.3, -0.25) is 4.79 Å². The molecule has 2 heterocycles. The van der Waals surface area contributed by atoms with Crippen LogP contribution >= 0.6 is 0 Å². The molecular weight excluding hydrogens is 282 g/mol. The fraction of sp³-hybridized carbons (Fsp3) is 0.188. The fourth-order valence-corrected chi connectivity index (χ4v) is 2.22. The van der Waals surface area contributed by atoms with Crippen molar-refractivity contribution in [3.63, 3.8) is 0 Å². The zero-order chi connectivity index (χ0) is 15.7. The van der Waals surface area contributed by atoms with Gasteiger partial charge in [-0.1, -0.05) is 18.2 Å². The van der Waals surface area contributed by atoms with Crippen LogP contribution in [0.1, 0.15) is 24.3 Å². The average Bonchev–Trinajstić information content (AvgIpc) is 2.89. The number of furan rings is 1. The molecule has 0 radical (unpaired) electrons. The van der Waals surface area contributed by atoms with Gasteiger partial charge in [0, 0.05) is 17.1 Å². The van der Waals surface area contributed by atoms with Crippen LogP contribution in [-0.2, 0) is 4.79 Å². The highest BCUT2D eigenvalue weighted by Crippen LogP contribution is 2.25.